The van der Waals surface area contributed by atoms with E-state index in [0.717, 1.165) is 29.4 Å². The molecule has 0 radical (unpaired) electrons. The molecule has 0 saturated heterocycles. The molecule has 1 N–H and O–H groups in total. The summed E-state index contributed by atoms with van der Waals surface area (Å²) in [6.45, 7) is 1.09. The van der Waals surface area contributed by atoms with E-state index in [4.69, 9.17) is 9.47 Å². The zero-order valence-electron chi connectivity index (χ0n) is 11.0. The first-order valence-electron chi connectivity index (χ1n) is 6.79. The predicted molar refractivity (Wildman–Crippen MR) is 80.2 cm³/mol. The number of ether oxygens (including phenoxy) is 2. The second kappa shape index (κ2) is 5.87. The molecule has 5 heteroatoms. The van der Waals surface area contributed by atoms with Crippen molar-refractivity contribution in [2.75, 3.05) is 18.5 Å². The molecule has 1 aliphatic heterocycles. The fourth-order valence-corrected chi connectivity index (χ4v) is 2.85. The SMILES string of the molecule is O=C(Nc1cc2c(cc1Br)OCCO2)[C@@H]1CC=CCC1. The second-order valence-corrected chi connectivity index (χ2v) is 5.80. The van der Waals surface area contributed by atoms with Gasteiger partial charge in [0.05, 0.1) is 5.69 Å². The van der Waals surface area contributed by atoms with E-state index in [2.05, 4.69) is 33.4 Å². The number of amides is 1. The summed E-state index contributed by atoms with van der Waals surface area (Å²) in [6, 6.07) is 3.65. The Morgan fingerprint density at radius 1 is 1.20 bits per heavy atom. The van der Waals surface area contributed by atoms with Crippen LogP contribution in [0.2, 0.25) is 0 Å². The Morgan fingerprint density at radius 3 is 2.65 bits per heavy atom. The van der Waals surface area contributed by atoms with Crippen molar-refractivity contribution in [3.8, 4) is 11.5 Å². The lowest BCUT2D eigenvalue weighted by Crippen LogP contribution is -2.24. The lowest BCUT2D eigenvalue weighted by atomic mass is 9.93. The normalized spacial score (nSPS) is 20.6. The van der Waals surface area contributed by atoms with Crippen LogP contribution in [0.15, 0.2) is 28.8 Å². The standard InChI is InChI=1S/C15H16BrNO3/c16-11-8-13-14(20-7-6-19-13)9-12(11)17-15(18)10-4-2-1-3-5-10/h1-2,8-10H,3-7H2,(H,17,18)/t10-/m1/s1. The molecule has 2 aliphatic rings. The molecule has 0 fully saturated rings. The fourth-order valence-electron chi connectivity index (χ4n) is 2.43. The molecule has 1 atom stereocenters. The number of anilines is 1. The van der Waals surface area contributed by atoms with Crippen LogP contribution in [-0.4, -0.2) is 19.1 Å². The first kappa shape index (κ1) is 13.5. The summed E-state index contributed by atoms with van der Waals surface area (Å²) >= 11 is 3.46. The van der Waals surface area contributed by atoms with Crippen LogP contribution < -0.4 is 14.8 Å². The largest absolute Gasteiger partial charge is 0.486 e. The van der Waals surface area contributed by atoms with Gasteiger partial charge in [-0.15, -0.1) is 0 Å². The lowest BCUT2D eigenvalue weighted by molar-refractivity contribution is -0.120. The first-order valence-corrected chi connectivity index (χ1v) is 7.58. The summed E-state index contributed by atoms with van der Waals surface area (Å²) in [5, 5.41) is 2.97. The third-order valence-electron chi connectivity index (χ3n) is 3.53. The zero-order valence-corrected chi connectivity index (χ0v) is 12.6. The Balaban J connectivity index is 1.76. The molecule has 0 saturated carbocycles. The third-order valence-corrected chi connectivity index (χ3v) is 4.19. The van der Waals surface area contributed by atoms with Gasteiger partial charge in [0, 0.05) is 22.5 Å². The summed E-state index contributed by atoms with van der Waals surface area (Å²) in [5.74, 6) is 1.51. The molecule has 1 aromatic rings. The molecular weight excluding hydrogens is 322 g/mol. The van der Waals surface area contributed by atoms with E-state index < -0.39 is 0 Å². The monoisotopic (exact) mass is 337 g/mol. The Labute approximate surface area is 126 Å². The smallest absolute Gasteiger partial charge is 0.227 e. The Bertz CT molecular complexity index is 556. The van der Waals surface area contributed by atoms with Crippen LogP contribution in [0.25, 0.3) is 0 Å². The van der Waals surface area contributed by atoms with Crippen molar-refractivity contribution in [3.05, 3.63) is 28.8 Å². The van der Waals surface area contributed by atoms with Gasteiger partial charge >= 0.3 is 0 Å². The highest BCUT2D eigenvalue weighted by Gasteiger charge is 2.21. The van der Waals surface area contributed by atoms with Crippen LogP contribution in [-0.2, 0) is 4.79 Å². The van der Waals surface area contributed by atoms with E-state index in [0.29, 0.717) is 24.7 Å². The molecule has 1 aliphatic carbocycles. The number of hydrogen-bond acceptors (Lipinski definition) is 3. The van der Waals surface area contributed by atoms with E-state index in [-0.39, 0.29) is 11.8 Å². The highest BCUT2D eigenvalue weighted by Crippen LogP contribution is 2.38. The highest BCUT2D eigenvalue weighted by molar-refractivity contribution is 9.10. The third kappa shape index (κ3) is 2.82. The van der Waals surface area contributed by atoms with E-state index in [1.807, 2.05) is 12.1 Å². The molecule has 1 heterocycles. The van der Waals surface area contributed by atoms with Crippen molar-refractivity contribution in [2.24, 2.45) is 5.92 Å². The maximum absolute atomic E-state index is 12.2. The summed E-state index contributed by atoms with van der Waals surface area (Å²) in [6.07, 6.45) is 6.90. The van der Waals surface area contributed by atoms with Crippen molar-refractivity contribution in [1.29, 1.82) is 0 Å². The van der Waals surface area contributed by atoms with Gasteiger partial charge in [0.2, 0.25) is 5.91 Å². The summed E-state index contributed by atoms with van der Waals surface area (Å²) in [5.41, 5.74) is 0.730. The van der Waals surface area contributed by atoms with Crippen LogP contribution in [0.5, 0.6) is 11.5 Å². The van der Waals surface area contributed by atoms with Gasteiger partial charge in [-0.1, -0.05) is 12.2 Å². The minimum Gasteiger partial charge on any atom is -0.486 e. The van der Waals surface area contributed by atoms with Gasteiger partial charge in [0.1, 0.15) is 13.2 Å². The first-order chi connectivity index (χ1) is 9.74. The Morgan fingerprint density at radius 2 is 1.95 bits per heavy atom. The quantitative estimate of drug-likeness (QED) is 0.840. The minimum absolute atomic E-state index is 0.0556. The van der Waals surface area contributed by atoms with Gasteiger partial charge in [0.15, 0.2) is 11.5 Å². The molecule has 0 aromatic heterocycles. The number of benzene rings is 1. The number of allylic oxidation sites excluding steroid dienone is 2. The summed E-state index contributed by atoms with van der Waals surface area (Å²) in [7, 11) is 0. The number of rotatable bonds is 2. The van der Waals surface area contributed by atoms with E-state index in [9.17, 15) is 4.79 Å². The van der Waals surface area contributed by atoms with Gasteiger partial charge in [-0.25, -0.2) is 0 Å². The molecule has 1 amide bonds. The van der Waals surface area contributed by atoms with E-state index in [1.54, 1.807) is 0 Å². The van der Waals surface area contributed by atoms with Crippen LogP contribution in [0, 0.1) is 5.92 Å². The van der Waals surface area contributed by atoms with Crippen molar-refractivity contribution < 1.29 is 14.3 Å². The summed E-state index contributed by atoms with van der Waals surface area (Å²) < 4.78 is 11.8. The number of carbonyl (C=O) groups excluding carboxylic acids is 1. The molecule has 3 rings (SSSR count). The molecule has 4 nitrogen and oxygen atoms in total. The average Bonchev–Trinajstić information content (AvgIpc) is 2.49. The number of carbonyl (C=O) groups is 1. The summed E-state index contributed by atoms with van der Waals surface area (Å²) in [4.78, 5) is 12.2. The molecular formula is C15H16BrNO3. The van der Waals surface area contributed by atoms with Crippen molar-refractivity contribution in [2.45, 2.75) is 19.3 Å². The number of fused-ring (bicyclic) bond motifs is 1. The van der Waals surface area contributed by atoms with Crippen LogP contribution in [0.4, 0.5) is 5.69 Å². The van der Waals surface area contributed by atoms with Crippen LogP contribution in [0.1, 0.15) is 19.3 Å². The van der Waals surface area contributed by atoms with E-state index >= 15 is 0 Å². The molecule has 0 unspecified atom stereocenters. The van der Waals surface area contributed by atoms with Crippen LogP contribution in [0.3, 0.4) is 0 Å². The Kier molecular flexibility index (Phi) is 3.96. The maximum Gasteiger partial charge on any atom is 0.227 e. The van der Waals surface area contributed by atoms with Crippen LogP contribution >= 0.6 is 15.9 Å². The average molecular weight is 338 g/mol. The topological polar surface area (TPSA) is 47.6 Å². The number of hydrogen-bond donors (Lipinski definition) is 1. The second-order valence-electron chi connectivity index (χ2n) is 4.95. The molecule has 20 heavy (non-hydrogen) atoms. The lowest BCUT2D eigenvalue weighted by Gasteiger charge is -2.21. The van der Waals surface area contributed by atoms with Gasteiger partial charge in [0.25, 0.3) is 0 Å². The van der Waals surface area contributed by atoms with Gasteiger partial charge < -0.3 is 14.8 Å². The molecule has 106 valence electrons. The van der Waals surface area contributed by atoms with Crippen molar-refractivity contribution in [3.63, 3.8) is 0 Å². The predicted octanol–water partition coefficient (Wildman–Crippen LogP) is 3.52. The van der Waals surface area contributed by atoms with Gasteiger partial charge in [-0.05, 0) is 35.2 Å². The fraction of sp³-hybridized carbons (Fsp3) is 0.400. The van der Waals surface area contributed by atoms with Crippen molar-refractivity contribution >= 4 is 27.5 Å². The van der Waals surface area contributed by atoms with Crippen molar-refractivity contribution in [1.82, 2.24) is 0 Å². The minimum atomic E-state index is 0.0556. The van der Waals surface area contributed by atoms with Gasteiger partial charge in [-0.2, -0.15) is 0 Å². The number of halogens is 1. The van der Waals surface area contributed by atoms with E-state index in [1.165, 1.54) is 0 Å². The Hall–Kier alpha value is -1.49. The zero-order chi connectivity index (χ0) is 13.9. The molecule has 0 bridgehead atoms. The number of nitrogens with one attached hydrogen (secondary N) is 1. The molecule has 0 spiro atoms. The van der Waals surface area contributed by atoms with Gasteiger partial charge in [-0.3, -0.25) is 4.79 Å². The maximum atomic E-state index is 12.2. The highest BCUT2D eigenvalue weighted by atomic mass is 79.9. The molecule has 1 aromatic carbocycles.